The Morgan fingerprint density at radius 3 is 2.83 bits per heavy atom. The van der Waals surface area contributed by atoms with E-state index >= 15 is 0 Å². The molecule has 1 aromatic carbocycles. The van der Waals surface area contributed by atoms with E-state index in [1.807, 2.05) is 0 Å². The quantitative estimate of drug-likeness (QED) is 0.810. The van der Waals surface area contributed by atoms with E-state index < -0.39 is 11.8 Å². The van der Waals surface area contributed by atoms with Gasteiger partial charge in [-0.1, -0.05) is 20.3 Å². The van der Waals surface area contributed by atoms with E-state index in [1.165, 1.54) is 12.1 Å². The third-order valence-electron chi connectivity index (χ3n) is 2.74. The molecule has 1 unspecified atom stereocenters. The summed E-state index contributed by atoms with van der Waals surface area (Å²) in [5.74, 6) is -1.08. The summed E-state index contributed by atoms with van der Waals surface area (Å²) in [7, 11) is 0. The van der Waals surface area contributed by atoms with Gasteiger partial charge < -0.3 is 9.84 Å². The molecule has 0 fully saturated rings. The molecule has 0 aliphatic rings. The van der Waals surface area contributed by atoms with Crippen molar-refractivity contribution < 1.29 is 19.0 Å². The third-order valence-corrected chi connectivity index (χ3v) is 2.74. The van der Waals surface area contributed by atoms with Crippen LogP contribution in [0, 0.1) is 11.7 Å². The highest BCUT2D eigenvalue weighted by molar-refractivity contribution is 5.89. The monoisotopic (exact) mass is 254 g/mol. The Hall–Kier alpha value is -1.42. The predicted octanol–water partition coefficient (Wildman–Crippen LogP) is 3.48. The summed E-state index contributed by atoms with van der Waals surface area (Å²) < 4.78 is 18.5. The number of carboxylic acid groups (broad SMARTS) is 1. The molecule has 0 heterocycles. The molecule has 0 saturated heterocycles. The number of rotatable bonds is 7. The highest BCUT2D eigenvalue weighted by Crippen LogP contribution is 2.14. The average Bonchev–Trinajstić information content (AvgIpc) is 2.29. The molecule has 1 rings (SSSR count). The van der Waals surface area contributed by atoms with Gasteiger partial charge in [0.05, 0.1) is 12.2 Å². The van der Waals surface area contributed by atoms with Crippen LogP contribution in [0.3, 0.4) is 0 Å². The summed E-state index contributed by atoms with van der Waals surface area (Å²) in [6.45, 7) is 4.87. The van der Waals surface area contributed by atoms with Crippen molar-refractivity contribution in [2.45, 2.75) is 33.3 Å². The molecule has 0 aliphatic heterocycles. The van der Waals surface area contributed by atoms with Gasteiger partial charge in [-0.05, 0) is 36.1 Å². The van der Waals surface area contributed by atoms with E-state index in [1.54, 1.807) is 0 Å². The lowest BCUT2D eigenvalue weighted by atomic mass is 10.1. The number of aromatic carboxylic acids is 1. The highest BCUT2D eigenvalue weighted by atomic mass is 19.1. The number of benzene rings is 1. The van der Waals surface area contributed by atoms with E-state index in [4.69, 9.17) is 9.84 Å². The Kier molecular flexibility index (Phi) is 5.78. The second kappa shape index (κ2) is 7.11. The molecule has 1 aromatic rings. The molecule has 4 heteroatoms. The molecule has 18 heavy (non-hydrogen) atoms. The fraction of sp³-hybridized carbons (Fsp3) is 0.500. The summed E-state index contributed by atoms with van der Waals surface area (Å²) >= 11 is 0. The largest absolute Gasteiger partial charge is 0.478 e. The molecular formula is C14H19FO3. The summed E-state index contributed by atoms with van der Waals surface area (Å²) in [5.41, 5.74) is 0.478. The number of halogens is 1. The van der Waals surface area contributed by atoms with Gasteiger partial charge in [0.25, 0.3) is 0 Å². The Morgan fingerprint density at radius 2 is 2.22 bits per heavy atom. The first-order chi connectivity index (χ1) is 8.54. The van der Waals surface area contributed by atoms with E-state index in [0.29, 0.717) is 18.1 Å². The SMILES string of the molecule is CCCC(C)COCc1cc(F)ccc1C(=O)O. The number of ether oxygens (including phenoxy) is 1. The minimum absolute atomic E-state index is 0.0968. The number of carbonyl (C=O) groups is 1. The first-order valence-corrected chi connectivity index (χ1v) is 6.14. The molecular weight excluding hydrogens is 235 g/mol. The van der Waals surface area contributed by atoms with Crippen molar-refractivity contribution in [3.8, 4) is 0 Å². The number of hydrogen-bond acceptors (Lipinski definition) is 2. The van der Waals surface area contributed by atoms with Crippen LogP contribution in [0.4, 0.5) is 4.39 Å². The van der Waals surface area contributed by atoms with Crippen molar-refractivity contribution in [1.29, 1.82) is 0 Å². The Balaban J connectivity index is 2.60. The van der Waals surface area contributed by atoms with Crippen LogP contribution < -0.4 is 0 Å². The molecule has 0 bridgehead atoms. The maximum Gasteiger partial charge on any atom is 0.336 e. The summed E-state index contributed by atoms with van der Waals surface area (Å²) in [6, 6.07) is 3.63. The van der Waals surface area contributed by atoms with Crippen molar-refractivity contribution in [3.05, 3.63) is 35.1 Å². The molecule has 0 spiro atoms. The van der Waals surface area contributed by atoms with Gasteiger partial charge in [0.2, 0.25) is 0 Å². The second-order valence-electron chi connectivity index (χ2n) is 4.52. The van der Waals surface area contributed by atoms with Crippen molar-refractivity contribution in [2.75, 3.05) is 6.61 Å². The van der Waals surface area contributed by atoms with Gasteiger partial charge in [0, 0.05) is 6.61 Å². The van der Waals surface area contributed by atoms with E-state index in [2.05, 4.69) is 13.8 Å². The van der Waals surface area contributed by atoms with Crippen LogP contribution in [0.2, 0.25) is 0 Å². The highest BCUT2D eigenvalue weighted by Gasteiger charge is 2.11. The predicted molar refractivity (Wildman–Crippen MR) is 67.1 cm³/mol. The van der Waals surface area contributed by atoms with E-state index in [0.717, 1.165) is 18.9 Å². The molecule has 3 nitrogen and oxygen atoms in total. The van der Waals surface area contributed by atoms with Crippen molar-refractivity contribution >= 4 is 5.97 Å². The van der Waals surface area contributed by atoms with Crippen molar-refractivity contribution in [3.63, 3.8) is 0 Å². The average molecular weight is 254 g/mol. The van der Waals surface area contributed by atoms with E-state index in [-0.39, 0.29) is 12.2 Å². The molecule has 1 N–H and O–H groups in total. The van der Waals surface area contributed by atoms with Crippen LogP contribution in [-0.2, 0) is 11.3 Å². The summed E-state index contributed by atoms with van der Waals surface area (Å²) in [4.78, 5) is 11.0. The third kappa shape index (κ3) is 4.45. The molecule has 0 radical (unpaired) electrons. The van der Waals surface area contributed by atoms with Gasteiger partial charge >= 0.3 is 5.97 Å². The number of hydrogen-bond donors (Lipinski definition) is 1. The lowest BCUT2D eigenvalue weighted by molar-refractivity contribution is 0.0677. The van der Waals surface area contributed by atoms with Crippen molar-refractivity contribution in [1.82, 2.24) is 0 Å². The molecule has 0 saturated carbocycles. The summed E-state index contributed by atoms with van der Waals surface area (Å²) in [5, 5.41) is 8.97. The summed E-state index contributed by atoms with van der Waals surface area (Å²) in [6.07, 6.45) is 2.15. The smallest absolute Gasteiger partial charge is 0.336 e. The standard InChI is InChI=1S/C14H19FO3/c1-3-4-10(2)8-18-9-11-7-12(15)5-6-13(11)14(16)17/h5-7,10H,3-4,8-9H2,1-2H3,(H,16,17). The molecule has 0 aromatic heterocycles. The topological polar surface area (TPSA) is 46.5 Å². The minimum atomic E-state index is -1.06. The fourth-order valence-electron chi connectivity index (χ4n) is 1.84. The maximum atomic E-state index is 13.1. The van der Waals surface area contributed by atoms with Gasteiger partial charge in [-0.25, -0.2) is 9.18 Å². The van der Waals surface area contributed by atoms with Crippen LogP contribution in [0.5, 0.6) is 0 Å². The zero-order chi connectivity index (χ0) is 13.5. The second-order valence-corrected chi connectivity index (χ2v) is 4.52. The van der Waals surface area contributed by atoms with Crippen LogP contribution in [0.25, 0.3) is 0 Å². The Morgan fingerprint density at radius 1 is 1.50 bits per heavy atom. The van der Waals surface area contributed by atoms with Gasteiger partial charge in [0.15, 0.2) is 0 Å². The number of carboxylic acids is 1. The molecule has 0 amide bonds. The lowest BCUT2D eigenvalue weighted by Gasteiger charge is -2.12. The minimum Gasteiger partial charge on any atom is -0.478 e. The maximum absolute atomic E-state index is 13.1. The zero-order valence-corrected chi connectivity index (χ0v) is 10.8. The van der Waals surface area contributed by atoms with Gasteiger partial charge in [-0.3, -0.25) is 0 Å². The first kappa shape index (κ1) is 14.6. The fourth-order valence-corrected chi connectivity index (χ4v) is 1.84. The van der Waals surface area contributed by atoms with Crippen LogP contribution in [-0.4, -0.2) is 17.7 Å². The van der Waals surface area contributed by atoms with Gasteiger partial charge in [0.1, 0.15) is 5.82 Å². The van der Waals surface area contributed by atoms with Crippen LogP contribution >= 0.6 is 0 Å². The Labute approximate surface area is 107 Å². The molecule has 1 atom stereocenters. The van der Waals surface area contributed by atoms with Crippen LogP contribution in [0.15, 0.2) is 18.2 Å². The van der Waals surface area contributed by atoms with Crippen molar-refractivity contribution in [2.24, 2.45) is 5.92 Å². The first-order valence-electron chi connectivity index (χ1n) is 6.14. The normalized spacial score (nSPS) is 12.4. The van der Waals surface area contributed by atoms with E-state index in [9.17, 15) is 9.18 Å². The molecule has 0 aliphatic carbocycles. The van der Waals surface area contributed by atoms with Gasteiger partial charge in [-0.2, -0.15) is 0 Å². The van der Waals surface area contributed by atoms with Gasteiger partial charge in [-0.15, -0.1) is 0 Å². The zero-order valence-electron chi connectivity index (χ0n) is 10.8. The Bertz CT molecular complexity index is 404. The lowest BCUT2D eigenvalue weighted by Crippen LogP contribution is -2.09. The molecule has 100 valence electrons. The van der Waals surface area contributed by atoms with Crippen LogP contribution in [0.1, 0.15) is 42.6 Å².